The van der Waals surface area contributed by atoms with Crippen molar-refractivity contribution in [1.82, 2.24) is 10.2 Å². The number of carbonyl (C=O) groups excluding carboxylic acids is 4. The Morgan fingerprint density at radius 3 is 2.43 bits per heavy atom. The third-order valence-corrected chi connectivity index (χ3v) is 9.05. The van der Waals surface area contributed by atoms with Crippen LogP contribution in [0, 0.1) is 11.8 Å². The summed E-state index contributed by atoms with van der Waals surface area (Å²) in [5, 5.41) is 37.6. The summed E-state index contributed by atoms with van der Waals surface area (Å²) in [6.07, 6.45) is 0.623. The van der Waals surface area contributed by atoms with Crippen LogP contribution in [0.3, 0.4) is 0 Å². The number of amides is 2. The van der Waals surface area contributed by atoms with Crippen LogP contribution in [0.25, 0.3) is 11.1 Å². The largest absolute Gasteiger partial charge is 0.508 e. The van der Waals surface area contributed by atoms with E-state index in [-0.39, 0.29) is 47.6 Å². The fourth-order valence-electron chi connectivity index (χ4n) is 6.88. The number of benzene rings is 2. The number of allylic oxidation sites excluding steroid dienone is 2. The van der Waals surface area contributed by atoms with Gasteiger partial charge >= 0.3 is 0 Å². The molecule has 11 heteroatoms. The molecule has 232 valence electrons. The Hall–Kier alpha value is -4.48. The minimum Gasteiger partial charge on any atom is -0.508 e. The number of anilines is 1. The predicted molar refractivity (Wildman–Crippen MR) is 165 cm³/mol. The maximum Gasteiger partial charge on any atom is 0.252 e. The van der Waals surface area contributed by atoms with E-state index < -0.39 is 40.7 Å². The van der Waals surface area contributed by atoms with Crippen molar-refractivity contribution in [2.75, 3.05) is 46.2 Å². The monoisotopic (exact) mass is 602 g/mol. The third-order valence-electron chi connectivity index (χ3n) is 9.05. The zero-order valence-electron chi connectivity index (χ0n) is 25.5. The highest BCUT2D eigenvalue weighted by Crippen LogP contribution is 2.53. The zero-order chi connectivity index (χ0) is 32.2. The van der Waals surface area contributed by atoms with Crippen molar-refractivity contribution in [1.29, 1.82) is 0 Å². The molecule has 3 aliphatic rings. The van der Waals surface area contributed by atoms with Crippen molar-refractivity contribution in [3.05, 3.63) is 69.5 Å². The number of aliphatic hydroxyl groups is 2. The normalized spacial score (nSPS) is 22.9. The summed E-state index contributed by atoms with van der Waals surface area (Å²) >= 11 is 0. The number of fused-ring (bicyclic) bond motifs is 3. The first kappa shape index (κ1) is 31.0. The van der Waals surface area contributed by atoms with E-state index in [2.05, 4.69) is 5.32 Å². The summed E-state index contributed by atoms with van der Waals surface area (Å²) in [6, 6.07) is 8.47. The van der Waals surface area contributed by atoms with Gasteiger partial charge in [-0.25, -0.2) is 0 Å². The molecule has 2 aromatic rings. The first-order valence-corrected chi connectivity index (χ1v) is 14.5. The first-order chi connectivity index (χ1) is 20.7. The number of aliphatic hydroxyl groups excluding tert-OH is 1. The maximum atomic E-state index is 14.2. The molecule has 0 bridgehead atoms. The van der Waals surface area contributed by atoms with Crippen molar-refractivity contribution in [3.63, 3.8) is 0 Å². The molecule has 0 unspecified atom stereocenters. The van der Waals surface area contributed by atoms with Gasteiger partial charge in [0.05, 0.1) is 11.1 Å². The second-order valence-corrected chi connectivity index (χ2v) is 12.4. The standard InChI is InChI=1S/C33H38N4O7/c1-16-11-20-13-19-14-22-23(37(4)5)15-21(17-7-6-8-18(12-17)32(43)35-9-10-36(2)3)27(38)26(22)28(39)25(19)30(41)33(20,44)29(40)24(16)31(34)42/h6-8,12,15,19-20,38,41,44H,9-11,13-14H2,1-5H3,(H2,34,42)(H,35,43)/t19-,20-,33-/m1/s1. The Morgan fingerprint density at radius 1 is 1.09 bits per heavy atom. The molecule has 0 spiro atoms. The highest BCUT2D eigenvalue weighted by molar-refractivity contribution is 6.25. The molecule has 0 radical (unpaired) electrons. The number of carbonyl (C=O) groups is 4. The van der Waals surface area contributed by atoms with Gasteiger partial charge in [-0.15, -0.1) is 0 Å². The average Bonchev–Trinajstić information content (AvgIpc) is 2.94. The lowest BCUT2D eigenvalue weighted by atomic mass is 9.59. The number of phenols is 1. The molecule has 44 heavy (non-hydrogen) atoms. The van der Waals surface area contributed by atoms with Crippen molar-refractivity contribution in [2.45, 2.75) is 31.8 Å². The van der Waals surface area contributed by atoms with Crippen LogP contribution >= 0.6 is 0 Å². The number of nitrogens with one attached hydrogen (secondary N) is 1. The Morgan fingerprint density at radius 2 is 1.80 bits per heavy atom. The third kappa shape index (κ3) is 4.86. The number of nitrogens with zero attached hydrogens (tertiary/aromatic N) is 2. The van der Waals surface area contributed by atoms with E-state index in [4.69, 9.17) is 5.73 Å². The highest BCUT2D eigenvalue weighted by atomic mass is 16.3. The van der Waals surface area contributed by atoms with Crippen molar-refractivity contribution >= 4 is 29.1 Å². The Balaban J connectivity index is 1.62. The van der Waals surface area contributed by atoms with E-state index >= 15 is 0 Å². The number of ketones is 2. The van der Waals surface area contributed by atoms with Crippen LogP contribution in [-0.4, -0.2) is 90.5 Å². The van der Waals surface area contributed by atoms with Gasteiger partial charge < -0.3 is 36.2 Å². The average molecular weight is 603 g/mol. The number of aromatic hydroxyl groups is 1. The Labute approximate surface area is 255 Å². The van der Waals surface area contributed by atoms with E-state index in [9.17, 15) is 34.5 Å². The van der Waals surface area contributed by atoms with Gasteiger partial charge in [0.2, 0.25) is 5.78 Å². The fourth-order valence-corrected chi connectivity index (χ4v) is 6.88. The summed E-state index contributed by atoms with van der Waals surface area (Å²) in [5.74, 6) is -5.44. The number of nitrogens with two attached hydrogens (primary N) is 1. The van der Waals surface area contributed by atoms with Crippen LogP contribution in [0.15, 0.2) is 52.8 Å². The summed E-state index contributed by atoms with van der Waals surface area (Å²) < 4.78 is 0. The van der Waals surface area contributed by atoms with Crippen LogP contribution in [0.4, 0.5) is 5.69 Å². The molecule has 0 heterocycles. The molecule has 0 fully saturated rings. The van der Waals surface area contributed by atoms with Crippen LogP contribution in [0.1, 0.15) is 46.0 Å². The maximum absolute atomic E-state index is 14.2. The number of phenolic OH excluding ortho intramolecular Hbond substituents is 1. The molecule has 0 saturated carbocycles. The van der Waals surface area contributed by atoms with Gasteiger partial charge in [0.15, 0.2) is 11.4 Å². The van der Waals surface area contributed by atoms with Crippen LogP contribution < -0.4 is 16.0 Å². The lowest BCUT2D eigenvalue weighted by Gasteiger charge is -2.46. The molecule has 5 rings (SSSR count). The number of rotatable bonds is 7. The molecule has 0 aliphatic heterocycles. The number of Topliss-reactive ketones (excluding diaryl/α,β-unsaturated/α-hetero) is 2. The minimum absolute atomic E-state index is 0.0445. The summed E-state index contributed by atoms with van der Waals surface area (Å²) in [4.78, 5) is 56.3. The number of hydrogen-bond donors (Lipinski definition) is 5. The molecule has 11 nitrogen and oxygen atoms in total. The molecule has 0 aromatic heterocycles. The van der Waals surface area contributed by atoms with Crippen LogP contribution in [0.5, 0.6) is 5.75 Å². The fraction of sp³-hybridized carbons (Fsp3) is 0.394. The van der Waals surface area contributed by atoms with Gasteiger partial charge in [-0.05, 0) is 75.5 Å². The Bertz CT molecular complexity index is 1670. The summed E-state index contributed by atoms with van der Waals surface area (Å²) in [6.45, 7) is 2.71. The number of likely N-dealkylation sites (N-methyl/N-ethyl adjacent to an activating group) is 1. The van der Waals surface area contributed by atoms with Gasteiger partial charge in [-0.2, -0.15) is 0 Å². The molecule has 2 aromatic carbocycles. The highest BCUT2D eigenvalue weighted by Gasteiger charge is 2.59. The molecule has 2 amide bonds. The minimum atomic E-state index is -2.48. The lowest BCUT2D eigenvalue weighted by Crippen LogP contribution is -2.57. The van der Waals surface area contributed by atoms with Crippen LogP contribution in [-0.2, 0) is 16.0 Å². The van der Waals surface area contributed by atoms with Gasteiger partial charge in [0.1, 0.15) is 11.5 Å². The molecular formula is C33H38N4O7. The van der Waals surface area contributed by atoms with Gasteiger partial charge in [-0.1, -0.05) is 17.7 Å². The van der Waals surface area contributed by atoms with Gasteiger partial charge in [-0.3, -0.25) is 19.2 Å². The molecule has 0 saturated heterocycles. The Kier molecular flexibility index (Phi) is 7.89. The van der Waals surface area contributed by atoms with Crippen molar-refractivity contribution in [3.8, 4) is 16.9 Å². The van der Waals surface area contributed by atoms with Crippen molar-refractivity contribution < 1.29 is 34.5 Å². The van der Waals surface area contributed by atoms with Crippen molar-refractivity contribution in [2.24, 2.45) is 17.6 Å². The molecule has 6 N–H and O–H groups in total. The van der Waals surface area contributed by atoms with E-state index in [1.807, 2.05) is 38.0 Å². The quantitative estimate of drug-likeness (QED) is 0.298. The second kappa shape index (κ2) is 11.2. The first-order valence-electron chi connectivity index (χ1n) is 14.5. The summed E-state index contributed by atoms with van der Waals surface area (Å²) in [5.41, 5.74) is 5.26. The van der Waals surface area contributed by atoms with E-state index in [1.54, 1.807) is 37.3 Å². The molecular weight excluding hydrogens is 564 g/mol. The van der Waals surface area contributed by atoms with Gasteiger partial charge in [0, 0.05) is 55.5 Å². The van der Waals surface area contributed by atoms with Gasteiger partial charge in [0.25, 0.3) is 11.8 Å². The lowest BCUT2D eigenvalue weighted by molar-refractivity contribution is -0.143. The van der Waals surface area contributed by atoms with Crippen LogP contribution in [0.2, 0.25) is 0 Å². The molecule has 3 atom stereocenters. The smallest absolute Gasteiger partial charge is 0.252 e. The topological polar surface area (TPSA) is 174 Å². The zero-order valence-corrected chi connectivity index (χ0v) is 25.5. The van der Waals surface area contributed by atoms with E-state index in [0.717, 1.165) is 0 Å². The second-order valence-electron chi connectivity index (χ2n) is 12.4. The van der Waals surface area contributed by atoms with E-state index in [0.29, 0.717) is 46.6 Å². The number of hydrogen-bond acceptors (Lipinski definition) is 9. The number of primary amides is 1. The summed E-state index contributed by atoms with van der Waals surface area (Å²) in [7, 11) is 7.44. The SMILES string of the molecule is CC1=C(C(N)=O)C(=O)[C@@]2(O)C(O)=C3C(=O)c4c(O)c(-c5cccc(C(=O)NCCN(C)C)c5)cc(N(C)C)c4C[C@H]3C[C@H]2C1. The van der Waals surface area contributed by atoms with E-state index in [1.165, 1.54) is 0 Å². The predicted octanol–water partition coefficient (Wildman–Crippen LogP) is 2.11. The molecule has 3 aliphatic carbocycles.